The highest BCUT2D eigenvalue weighted by atomic mass is 19.4. The average Bonchev–Trinajstić information content (AvgIpc) is 2.86. The van der Waals surface area contributed by atoms with Crippen LogP contribution in [0.4, 0.5) is 43.4 Å². The van der Waals surface area contributed by atoms with Gasteiger partial charge in [0.25, 0.3) is 17.3 Å². The number of carbonyl (C=O) groups is 2. The van der Waals surface area contributed by atoms with Gasteiger partial charge in [0.15, 0.2) is 0 Å². The van der Waals surface area contributed by atoms with Gasteiger partial charge in [-0.2, -0.15) is 26.3 Å². The van der Waals surface area contributed by atoms with Crippen LogP contribution in [0.15, 0.2) is 72.8 Å². The molecule has 0 radical (unpaired) electrons. The van der Waals surface area contributed by atoms with Crippen molar-refractivity contribution < 1.29 is 50.5 Å². The lowest BCUT2D eigenvalue weighted by molar-refractivity contribution is -0.394. The zero-order chi connectivity index (χ0) is 29.2. The Labute approximate surface area is 213 Å². The van der Waals surface area contributed by atoms with Crippen LogP contribution in [0, 0.1) is 20.2 Å². The van der Waals surface area contributed by atoms with Crippen LogP contribution in [-0.2, 0) is 10.3 Å². The first-order valence-corrected chi connectivity index (χ1v) is 10.3. The SMILES string of the molecule is O=C(Nc1ccc(C(OC(=O)c2ccccc2)(C(F)(F)F)C(F)(F)F)cc1)c1cc([N+](=O)[O-])cc([N+](=O)[O-])c1. The molecule has 0 bridgehead atoms. The van der Waals surface area contributed by atoms with Crippen molar-refractivity contribution >= 4 is 28.9 Å². The third-order valence-electron chi connectivity index (χ3n) is 5.19. The topological polar surface area (TPSA) is 142 Å². The average molecular weight is 557 g/mol. The van der Waals surface area contributed by atoms with E-state index in [1.807, 2.05) is 0 Å². The van der Waals surface area contributed by atoms with E-state index in [-0.39, 0.29) is 5.69 Å². The molecule has 3 aromatic carbocycles. The number of esters is 1. The number of rotatable bonds is 7. The summed E-state index contributed by atoms with van der Waals surface area (Å²) in [6, 6.07) is 9.49. The van der Waals surface area contributed by atoms with Gasteiger partial charge in [0, 0.05) is 23.4 Å². The summed E-state index contributed by atoms with van der Waals surface area (Å²) in [7, 11) is 0. The van der Waals surface area contributed by atoms with Crippen LogP contribution >= 0.6 is 0 Å². The number of nitro groups is 2. The molecule has 0 aliphatic rings. The van der Waals surface area contributed by atoms with Gasteiger partial charge in [0.05, 0.1) is 27.0 Å². The number of carbonyl (C=O) groups excluding carboxylic acids is 2. The van der Waals surface area contributed by atoms with E-state index in [1.54, 1.807) is 0 Å². The van der Waals surface area contributed by atoms with Crippen LogP contribution in [0.2, 0.25) is 0 Å². The van der Waals surface area contributed by atoms with Gasteiger partial charge < -0.3 is 10.1 Å². The number of ether oxygens (including phenoxy) is 1. The molecule has 0 fully saturated rings. The van der Waals surface area contributed by atoms with Crippen LogP contribution in [0.25, 0.3) is 0 Å². The van der Waals surface area contributed by atoms with Crippen molar-refractivity contribution in [1.29, 1.82) is 0 Å². The molecular formula is C23H13F6N3O7. The Balaban J connectivity index is 1.99. The molecular weight excluding hydrogens is 544 g/mol. The number of nitrogens with one attached hydrogen (secondary N) is 1. The van der Waals surface area contributed by atoms with Crippen molar-refractivity contribution in [2.45, 2.75) is 18.0 Å². The van der Waals surface area contributed by atoms with Crippen molar-refractivity contribution in [3.63, 3.8) is 0 Å². The van der Waals surface area contributed by atoms with Gasteiger partial charge in [-0.05, 0) is 24.3 Å². The first-order valence-electron chi connectivity index (χ1n) is 10.3. The molecule has 39 heavy (non-hydrogen) atoms. The molecule has 0 atom stereocenters. The lowest BCUT2D eigenvalue weighted by Gasteiger charge is -2.36. The lowest BCUT2D eigenvalue weighted by Crippen LogP contribution is -2.56. The van der Waals surface area contributed by atoms with Gasteiger partial charge in [0.2, 0.25) is 0 Å². The third kappa shape index (κ3) is 5.78. The maximum atomic E-state index is 14.0. The first kappa shape index (κ1) is 28.5. The maximum Gasteiger partial charge on any atom is 0.442 e. The predicted molar refractivity (Wildman–Crippen MR) is 120 cm³/mol. The molecule has 0 spiro atoms. The number of anilines is 1. The second kappa shape index (κ2) is 10.4. The van der Waals surface area contributed by atoms with Gasteiger partial charge >= 0.3 is 23.9 Å². The second-order valence-corrected chi connectivity index (χ2v) is 7.72. The lowest BCUT2D eigenvalue weighted by atomic mass is 9.91. The van der Waals surface area contributed by atoms with E-state index in [9.17, 15) is 56.2 Å². The molecule has 0 heterocycles. The minimum atomic E-state index is -6.18. The zero-order valence-electron chi connectivity index (χ0n) is 18.9. The van der Waals surface area contributed by atoms with Gasteiger partial charge in [-0.15, -0.1) is 0 Å². The quantitative estimate of drug-likeness (QED) is 0.164. The molecule has 3 rings (SSSR count). The van der Waals surface area contributed by atoms with Crippen LogP contribution in [0.5, 0.6) is 0 Å². The second-order valence-electron chi connectivity index (χ2n) is 7.72. The van der Waals surface area contributed by atoms with E-state index in [4.69, 9.17) is 0 Å². The fraction of sp³-hybridized carbons (Fsp3) is 0.130. The van der Waals surface area contributed by atoms with E-state index < -0.39 is 67.7 Å². The van der Waals surface area contributed by atoms with Crippen LogP contribution in [0.1, 0.15) is 26.3 Å². The normalized spacial score (nSPS) is 11.9. The number of halogens is 6. The van der Waals surface area contributed by atoms with Crippen molar-refractivity contribution in [1.82, 2.24) is 0 Å². The Morgan fingerprint density at radius 3 is 1.64 bits per heavy atom. The molecule has 0 aliphatic heterocycles. The van der Waals surface area contributed by atoms with Gasteiger partial charge in [-0.1, -0.05) is 30.3 Å². The Hall–Kier alpha value is -5.02. The molecule has 10 nitrogen and oxygen atoms in total. The van der Waals surface area contributed by atoms with E-state index in [2.05, 4.69) is 10.1 Å². The summed E-state index contributed by atoms with van der Waals surface area (Å²) in [5.41, 5.74) is -9.81. The van der Waals surface area contributed by atoms with Crippen LogP contribution < -0.4 is 5.32 Å². The molecule has 0 saturated carbocycles. The largest absolute Gasteiger partial charge is 0.442 e. The highest BCUT2D eigenvalue weighted by molar-refractivity contribution is 6.05. The summed E-state index contributed by atoms with van der Waals surface area (Å²) in [6.45, 7) is 0. The molecule has 204 valence electrons. The molecule has 0 aromatic heterocycles. The first-order chi connectivity index (χ1) is 18.1. The smallest absolute Gasteiger partial charge is 0.431 e. The highest BCUT2D eigenvalue weighted by Crippen LogP contribution is 2.53. The van der Waals surface area contributed by atoms with E-state index in [0.29, 0.717) is 42.5 Å². The summed E-state index contributed by atoms with van der Waals surface area (Å²) in [6.07, 6.45) is -12.4. The monoisotopic (exact) mass is 557 g/mol. The number of hydrogen-bond acceptors (Lipinski definition) is 7. The molecule has 0 aliphatic carbocycles. The van der Waals surface area contributed by atoms with Crippen molar-refractivity contribution in [2.24, 2.45) is 0 Å². The van der Waals surface area contributed by atoms with Crippen molar-refractivity contribution in [3.8, 4) is 0 Å². The predicted octanol–water partition coefficient (Wildman–Crippen LogP) is 5.93. The molecule has 0 saturated heterocycles. The van der Waals surface area contributed by atoms with E-state index >= 15 is 0 Å². The summed E-state index contributed by atoms with van der Waals surface area (Å²) in [4.78, 5) is 44.7. The van der Waals surface area contributed by atoms with Crippen molar-refractivity contribution in [2.75, 3.05) is 5.32 Å². The Morgan fingerprint density at radius 1 is 0.718 bits per heavy atom. The van der Waals surface area contributed by atoms with Crippen LogP contribution in [0.3, 0.4) is 0 Å². The maximum absolute atomic E-state index is 14.0. The fourth-order valence-electron chi connectivity index (χ4n) is 3.36. The summed E-state index contributed by atoms with van der Waals surface area (Å²) in [5, 5.41) is 24.1. The number of amides is 1. The number of non-ortho nitro benzene ring substituents is 2. The Morgan fingerprint density at radius 2 is 1.21 bits per heavy atom. The third-order valence-corrected chi connectivity index (χ3v) is 5.19. The molecule has 1 amide bonds. The molecule has 0 unspecified atom stereocenters. The number of nitrogens with zero attached hydrogens (tertiary/aromatic N) is 2. The standard InChI is InChI=1S/C23H13F6N3O7/c24-22(25,26)21(23(27,28)29,39-20(34)13-4-2-1-3-5-13)15-6-8-16(9-7-15)30-19(33)14-10-17(31(35)36)12-18(11-14)32(37)38/h1-12H,(H,30,33). The van der Waals surface area contributed by atoms with Crippen LogP contribution in [-0.4, -0.2) is 34.1 Å². The van der Waals surface area contributed by atoms with Gasteiger partial charge in [-0.3, -0.25) is 25.0 Å². The molecule has 16 heteroatoms. The number of alkyl halides is 6. The molecule has 1 N–H and O–H groups in total. The number of nitro benzene ring substituents is 2. The van der Waals surface area contributed by atoms with Gasteiger partial charge in [-0.25, -0.2) is 4.79 Å². The van der Waals surface area contributed by atoms with E-state index in [1.165, 1.54) is 18.2 Å². The van der Waals surface area contributed by atoms with Gasteiger partial charge in [0.1, 0.15) is 0 Å². The fourth-order valence-corrected chi connectivity index (χ4v) is 3.36. The Kier molecular flexibility index (Phi) is 7.61. The molecule has 3 aromatic rings. The summed E-state index contributed by atoms with van der Waals surface area (Å²) in [5.74, 6) is -3.10. The minimum absolute atomic E-state index is 0.310. The van der Waals surface area contributed by atoms with E-state index in [0.717, 1.165) is 12.1 Å². The highest BCUT2D eigenvalue weighted by Gasteiger charge is 2.75. The number of benzene rings is 3. The number of hydrogen-bond donors (Lipinski definition) is 1. The van der Waals surface area contributed by atoms with Crippen molar-refractivity contribution in [3.05, 3.63) is 110 Å². The minimum Gasteiger partial charge on any atom is -0.431 e. The summed E-state index contributed by atoms with van der Waals surface area (Å²) < 4.78 is 88.1. The Bertz CT molecular complexity index is 1380. The zero-order valence-corrected chi connectivity index (χ0v) is 18.9. The summed E-state index contributed by atoms with van der Waals surface area (Å²) >= 11 is 0.